The molecule has 2 aliphatic carbocycles. The maximum absolute atomic E-state index is 5.81. The lowest BCUT2D eigenvalue weighted by Gasteiger charge is -2.04. The summed E-state index contributed by atoms with van der Waals surface area (Å²) in [6.07, 6.45) is 5.98. The van der Waals surface area contributed by atoms with Gasteiger partial charge >= 0.3 is 0 Å². The van der Waals surface area contributed by atoms with Gasteiger partial charge < -0.3 is 5.32 Å². The molecule has 0 aromatic carbocycles. The zero-order chi connectivity index (χ0) is 9.54. The van der Waals surface area contributed by atoms with Crippen molar-refractivity contribution in [3.63, 3.8) is 0 Å². The van der Waals surface area contributed by atoms with E-state index in [0.29, 0.717) is 11.2 Å². The summed E-state index contributed by atoms with van der Waals surface area (Å²) in [5, 5.41) is 4.07. The maximum Gasteiger partial charge on any atom is 0.131 e. The van der Waals surface area contributed by atoms with Crippen molar-refractivity contribution < 1.29 is 0 Å². The van der Waals surface area contributed by atoms with Crippen molar-refractivity contribution in [3.8, 4) is 0 Å². The number of pyridine rings is 1. The van der Waals surface area contributed by atoms with Crippen LogP contribution in [-0.4, -0.2) is 11.0 Å². The molecule has 2 saturated carbocycles. The Bertz CT molecular complexity index is 349. The quantitative estimate of drug-likeness (QED) is 0.773. The lowest BCUT2D eigenvalue weighted by atomic mass is 10.2. The van der Waals surface area contributed by atoms with Crippen LogP contribution in [0.2, 0.25) is 5.15 Å². The molecule has 1 aromatic heterocycles. The van der Waals surface area contributed by atoms with Gasteiger partial charge in [0, 0.05) is 17.9 Å². The second kappa shape index (κ2) is 3.13. The van der Waals surface area contributed by atoms with Gasteiger partial charge in [0.05, 0.1) is 0 Å². The van der Waals surface area contributed by atoms with Gasteiger partial charge in [0.2, 0.25) is 0 Å². The number of rotatable bonds is 3. The summed E-state index contributed by atoms with van der Waals surface area (Å²) in [4.78, 5) is 3.96. The standard InChI is InChI=1S/C11H13ClN2/c12-11-5-8(3-4-13-11)14-10-6-9(10)7-1-2-7/h3-5,7,9-10H,1-2,6H2,(H,13,14). The lowest BCUT2D eigenvalue weighted by molar-refractivity contribution is 0.697. The Morgan fingerprint density at radius 3 is 3.00 bits per heavy atom. The van der Waals surface area contributed by atoms with E-state index in [1.807, 2.05) is 12.1 Å². The van der Waals surface area contributed by atoms with Crippen LogP contribution in [0.15, 0.2) is 18.3 Å². The molecule has 1 aromatic rings. The van der Waals surface area contributed by atoms with Crippen molar-refractivity contribution in [2.45, 2.75) is 25.3 Å². The highest BCUT2D eigenvalue weighted by Crippen LogP contribution is 2.51. The molecule has 0 amide bonds. The van der Waals surface area contributed by atoms with E-state index >= 15 is 0 Å². The Balaban J connectivity index is 1.62. The molecule has 2 unspecified atom stereocenters. The number of aromatic nitrogens is 1. The van der Waals surface area contributed by atoms with Gasteiger partial charge in [0.1, 0.15) is 5.15 Å². The molecule has 1 N–H and O–H groups in total. The SMILES string of the molecule is Clc1cc(NC2CC2C2CC2)ccn1. The summed E-state index contributed by atoms with van der Waals surface area (Å²) in [6, 6.07) is 4.57. The fourth-order valence-corrected chi connectivity index (χ4v) is 2.31. The van der Waals surface area contributed by atoms with E-state index < -0.39 is 0 Å². The molecule has 2 atom stereocenters. The molecule has 0 bridgehead atoms. The first-order valence-electron chi connectivity index (χ1n) is 5.21. The predicted molar refractivity (Wildman–Crippen MR) is 57.5 cm³/mol. The number of nitrogens with one attached hydrogen (secondary N) is 1. The van der Waals surface area contributed by atoms with Crippen LogP contribution in [0, 0.1) is 11.8 Å². The van der Waals surface area contributed by atoms with Crippen LogP contribution in [-0.2, 0) is 0 Å². The highest BCUT2D eigenvalue weighted by atomic mass is 35.5. The molecular formula is C11H13ClN2. The molecule has 3 heteroatoms. The zero-order valence-corrected chi connectivity index (χ0v) is 8.67. The van der Waals surface area contributed by atoms with Gasteiger partial charge in [0.15, 0.2) is 0 Å². The van der Waals surface area contributed by atoms with Crippen molar-refractivity contribution in [1.82, 2.24) is 4.98 Å². The molecule has 14 heavy (non-hydrogen) atoms. The van der Waals surface area contributed by atoms with Gasteiger partial charge in [-0.15, -0.1) is 0 Å². The van der Waals surface area contributed by atoms with Gasteiger partial charge in [-0.05, 0) is 43.2 Å². The smallest absolute Gasteiger partial charge is 0.131 e. The first kappa shape index (κ1) is 8.54. The fourth-order valence-electron chi connectivity index (χ4n) is 2.13. The van der Waals surface area contributed by atoms with Crippen LogP contribution >= 0.6 is 11.6 Å². The maximum atomic E-state index is 5.81. The van der Waals surface area contributed by atoms with E-state index in [2.05, 4.69) is 10.3 Å². The van der Waals surface area contributed by atoms with E-state index in [1.54, 1.807) is 6.20 Å². The summed E-state index contributed by atoms with van der Waals surface area (Å²) in [5.74, 6) is 1.95. The van der Waals surface area contributed by atoms with Gasteiger partial charge in [-0.2, -0.15) is 0 Å². The van der Waals surface area contributed by atoms with E-state index in [9.17, 15) is 0 Å². The van der Waals surface area contributed by atoms with Gasteiger partial charge in [-0.1, -0.05) is 11.6 Å². The van der Waals surface area contributed by atoms with Crippen molar-refractivity contribution >= 4 is 17.3 Å². The third-order valence-electron chi connectivity index (χ3n) is 3.15. The van der Waals surface area contributed by atoms with Gasteiger partial charge in [-0.3, -0.25) is 0 Å². The average molecular weight is 209 g/mol. The summed E-state index contributed by atoms with van der Waals surface area (Å²) in [6.45, 7) is 0. The Morgan fingerprint density at radius 1 is 1.43 bits per heavy atom. The Kier molecular flexibility index (Phi) is 1.91. The molecule has 2 aliphatic rings. The normalized spacial score (nSPS) is 30.1. The van der Waals surface area contributed by atoms with Crippen LogP contribution in [0.25, 0.3) is 0 Å². The Morgan fingerprint density at radius 2 is 2.29 bits per heavy atom. The summed E-state index contributed by atoms with van der Waals surface area (Å²) in [7, 11) is 0. The minimum Gasteiger partial charge on any atom is -0.382 e. The first-order chi connectivity index (χ1) is 6.83. The van der Waals surface area contributed by atoms with E-state index in [0.717, 1.165) is 17.5 Å². The van der Waals surface area contributed by atoms with Crippen LogP contribution in [0.3, 0.4) is 0 Å². The largest absolute Gasteiger partial charge is 0.382 e. The third kappa shape index (κ3) is 1.71. The molecule has 74 valence electrons. The second-order valence-corrected chi connectivity index (χ2v) is 4.74. The zero-order valence-electron chi connectivity index (χ0n) is 7.91. The number of hydrogen-bond acceptors (Lipinski definition) is 2. The van der Waals surface area contributed by atoms with Gasteiger partial charge in [-0.25, -0.2) is 4.98 Å². The lowest BCUT2D eigenvalue weighted by Crippen LogP contribution is -2.05. The highest BCUT2D eigenvalue weighted by Gasteiger charge is 2.47. The Hall–Kier alpha value is -0.760. The van der Waals surface area contributed by atoms with Crippen LogP contribution < -0.4 is 5.32 Å². The minimum atomic E-state index is 0.568. The van der Waals surface area contributed by atoms with Crippen molar-refractivity contribution in [3.05, 3.63) is 23.5 Å². The monoisotopic (exact) mass is 208 g/mol. The molecule has 1 heterocycles. The molecular weight excluding hydrogens is 196 g/mol. The van der Waals surface area contributed by atoms with Crippen LogP contribution in [0.4, 0.5) is 5.69 Å². The van der Waals surface area contributed by atoms with Gasteiger partial charge in [0.25, 0.3) is 0 Å². The van der Waals surface area contributed by atoms with Crippen molar-refractivity contribution in [2.75, 3.05) is 5.32 Å². The summed E-state index contributed by atoms with van der Waals surface area (Å²) in [5.41, 5.74) is 1.11. The number of nitrogens with zero attached hydrogens (tertiary/aromatic N) is 1. The molecule has 2 fully saturated rings. The van der Waals surface area contributed by atoms with E-state index in [-0.39, 0.29) is 0 Å². The third-order valence-corrected chi connectivity index (χ3v) is 3.35. The van der Waals surface area contributed by atoms with Crippen LogP contribution in [0.5, 0.6) is 0 Å². The first-order valence-corrected chi connectivity index (χ1v) is 5.59. The second-order valence-electron chi connectivity index (χ2n) is 4.36. The highest BCUT2D eigenvalue weighted by molar-refractivity contribution is 6.29. The minimum absolute atomic E-state index is 0.568. The molecule has 0 spiro atoms. The van der Waals surface area contributed by atoms with Crippen molar-refractivity contribution in [1.29, 1.82) is 0 Å². The molecule has 3 rings (SSSR count). The van der Waals surface area contributed by atoms with Crippen molar-refractivity contribution in [2.24, 2.45) is 11.8 Å². The molecule has 2 nitrogen and oxygen atoms in total. The number of halogens is 1. The van der Waals surface area contributed by atoms with E-state index in [1.165, 1.54) is 19.3 Å². The topological polar surface area (TPSA) is 24.9 Å². The molecule has 0 aliphatic heterocycles. The summed E-state index contributed by atoms with van der Waals surface area (Å²) < 4.78 is 0. The summed E-state index contributed by atoms with van der Waals surface area (Å²) >= 11 is 5.81. The average Bonchev–Trinajstić information content (AvgIpc) is 2.96. The predicted octanol–water partition coefficient (Wildman–Crippen LogP) is 2.95. The fraction of sp³-hybridized carbons (Fsp3) is 0.545. The molecule has 0 radical (unpaired) electrons. The molecule has 0 saturated heterocycles. The van der Waals surface area contributed by atoms with E-state index in [4.69, 9.17) is 11.6 Å². The van der Waals surface area contributed by atoms with Crippen LogP contribution in [0.1, 0.15) is 19.3 Å². The number of hydrogen-bond donors (Lipinski definition) is 1. The Labute approximate surface area is 88.7 Å². The number of anilines is 1.